The number of benzene rings is 1. The summed E-state index contributed by atoms with van der Waals surface area (Å²) in [5.74, 6) is 0. The molecule has 0 aliphatic heterocycles. The predicted octanol–water partition coefficient (Wildman–Crippen LogP) is 4.47. The molecule has 6 heteroatoms. The molecule has 0 atom stereocenters. The van der Waals surface area contributed by atoms with Crippen molar-refractivity contribution in [2.24, 2.45) is 0 Å². The molecule has 0 radical (unpaired) electrons. The summed E-state index contributed by atoms with van der Waals surface area (Å²) in [6.45, 7) is 0. The van der Waals surface area contributed by atoms with Crippen LogP contribution in [0.3, 0.4) is 0 Å². The summed E-state index contributed by atoms with van der Waals surface area (Å²) in [4.78, 5) is 8.59. The van der Waals surface area contributed by atoms with Gasteiger partial charge >= 0.3 is 0 Å². The lowest BCUT2D eigenvalue weighted by Gasteiger charge is -2.01. The lowest BCUT2D eigenvalue weighted by molar-refractivity contribution is 1.10. The van der Waals surface area contributed by atoms with E-state index in [2.05, 4.69) is 25.9 Å². The Kier molecular flexibility index (Phi) is 3.01. The zero-order valence-corrected chi connectivity index (χ0v) is 12.0. The average Bonchev–Trinajstić information content (AvgIpc) is 2.75. The molecule has 0 amide bonds. The number of imidazole rings is 1. The van der Waals surface area contributed by atoms with Gasteiger partial charge in [0.1, 0.15) is 4.60 Å². The largest absolute Gasteiger partial charge is 0.302 e. The van der Waals surface area contributed by atoms with Crippen molar-refractivity contribution in [2.45, 2.75) is 0 Å². The van der Waals surface area contributed by atoms with Gasteiger partial charge in [0.05, 0.1) is 21.9 Å². The van der Waals surface area contributed by atoms with Crippen LogP contribution in [0.2, 0.25) is 10.0 Å². The Bertz CT molecular complexity index is 739. The summed E-state index contributed by atoms with van der Waals surface area (Å²) in [7, 11) is 0. The van der Waals surface area contributed by atoms with Crippen LogP contribution in [0, 0.1) is 0 Å². The lowest BCUT2D eigenvalue weighted by Crippen LogP contribution is -1.84. The highest BCUT2D eigenvalue weighted by atomic mass is 79.9. The van der Waals surface area contributed by atoms with Crippen LogP contribution < -0.4 is 0 Å². The fourth-order valence-electron chi connectivity index (χ4n) is 1.71. The van der Waals surface area contributed by atoms with Crippen LogP contribution in [0.1, 0.15) is 0 Å². The third kappa shape index (κ3) is 2.00. The van der Waals surface area contributed by atoms with Crippen molar-refractivity contribution in [3.05, 3.63) is 51.4 Å². The molecule has 0 unspecified atom stereocenters. The highest BCUT2D eigenvalue weighted by Gasteiger charge is 2.10. The normalized spacial score (nSPS) is 11.1. The monoisotopic (exact) mass is 341 g/mol. The van der Waals surface area contributed by atoms with Crippen molar-refractivity contribution in [1.82, 2.24) is 14.4 Å². The van der Waals surface area contributed by atoms with Crippen molar-refractivity contribution in [3.8, 4) is 11.3 Å². The first-order valence-electron chi connectivity index (χ1n) is 5.10. The Morgan fingerprint density at radius 3 is 2.83 bits per heavy atom. The van der Waals surface area contributed by atoms with Crippen LogP contribution in [-0.2, 0) is 0 Å². The van der Waals surface area contributed by atoms with Crippen LogP contribution in [0.5, 0.6) is 0 Å². The Morgan fingerprint density at radius 1 is 1.17 bits per heavy atom. The van der Waals surface area contributed by atoms with Gasteiger partial charge in [-0.3, -0.25) is 0 Å². The molecule has 0 spiro atoms. The van der Waals surface area contributed by atoms with E-state index in [-0.39, 0.29) is 0 Å². The second-order valence-corrected chi connectivity index (χ2v) is 5.30. The molecule has 0 fully saturated rings. The van der Waals surface area contributed by atoms with E-state index in [0.717, 1.165) is 21.5 Å². The maximum Gasteiger partial charge on any atom is 0.156 e. The van der Waals surface area contributed by atoms with Gasteiger partial charge in [0.25, 0.3) is 0 Å². The quantitative estimate of drug-likeness (QED) is 0.653. The minimum absolute atomic E-state index is 0.509. The molecule has 0 saturated carbocycles. The second-order valence-electron chi connectivity index (χ2n) is 3.70. The average molecular weight is 343 g/mol. The Balaban J connectivity index is 2.22. The van der Waals surface area contributed by atoms with E-state index in [4.69, 9.17) is 23.2 Å². The summed E-state index contributed by atoms with van der Waals surface area (Å²) in [5, 5.41) is 1.03. The zero-order valence-electron chi connectivity index (χ0n) is 8.94. The Labute approximate surface area is 122 Å². The van der Waals surface area contributed by atoms with Crippen LogP contribution in [0.15, 0.2) is 41.4 Å². The van der Waals surface area contributed by atoms with E-state index >= 15 is 0 Å². The van der Waals surface area contributed by atoms with Crippen molar-refractivity contribution in [2.75, 3.05) is 0 Å². The Morgan fingerprint density at radius 2 is 2.00 bits per heavy atom. The molecule has 18 heavy (non-hydrogen) atoms. The maximum absolute atomic E-state index is 6.18. The van der Waals surface area contributed by atoms with E-state index in [9.17, 15) is 0 Å². The molecule has 0 bridgehead atoms. The van der Waals surface area contributed by atoms with Gasteiger partial charge in [0, 0.05) is 18.0 Å². The molecular formula is C12H6BrCl2N3. The molecule has 1 aromatic carbocycles. The lowest BCUT2D eigenvalue weighted by atomic mass is 10.2. The van der Waals surface area contributed by atoms with E-state index in [1.165, 1.54) is 0 Å². The molecule has 90 valence electrons. The predicted molar refractivity (Wildman–Crippen MR) is 76.1 cm³/mol. The number of halogens is 3. The zero-order chi connectivity index (χ0) is 12.7. The van der Waals surface area contributed by atoms with Gasteiger partial charge in [-0.1, -0.05) is 35.3 Å². The summed E-state index contributed by atoms with van der Waals surface area (Å²) in [5.41, 5.74) is 2.33. The summed E-state index contributed by atoms with van der Waals surface area (Å²) in [6.07, 6.45) is 5.41. The van der Waals surface area contributed by atoms with E-state index in [0.29, 0.717) is 10.0 Å². The molecule has 2 aromatic heterocycles. The van der Waals surface area contributed by atoms with E-state index in [1.807, 2.05) is 28.9 Å². The van der Waals surface area contributed by atoms with Crippen molar-refractivity contribution in [1.29, 1.82) is 0 Å². The van der Waals surface area contributed by atoms with Gasteiger partial charge < -0.3 is 4.40 Å². The molecular weight excluding hydrogens is 337 g/mol. The fourth-order valence-corrected chi connectivity index (χ4v) is 2.43. The van der Waals surface area contributed by atoms with Crippen molar-refractivity contribution < 1.29 is 0 Å². The van der Waals surface area contributed by atoms with Gasteiger partial charge in [-0.05, 0) is 22.0 Å². The highest BCUT2D eigenvalue weighted by Crippen LogP contribution is 2.32. The van der Waals surface area contributed by atoms with Crippen molar-refractivity contribution in [3.63, 3.8) is 0 Å². The molecule has 0 aliphatic carbocycles. The number of rotatable bonds is 1. The van der Waals surface area contributed by atoms with Gasteiger partial charge in [-0.25, -0.2) is 9.97 Å². The topological polar surface area (TPSA) is 30.2 Å². The third-order valence-corrected chi connectivity index (χ3v) is 3.77. The maximum atomic E-state index is 6.18. The first-order valence-corrected chi connectivity index (χ1v) is 6.64. The molecule has 0 saturated heterocycles. The van der Waals surface area contributed by atoms with E-state index in [1.54, 1.807) is 12.3 Å². The smallest absolute Gasteiger partial charge is 0.156 e. The first kappa shape index (κ1) is 12.0. The van der Waals surface area contributed by atoms with Crippen molar-refractivity contribution >= 4 is 44.8 Å². The minimum atomic E-state index is 0.509. The van der Waals surface area contributed by atoms with Crippen LogP contribution in [0.4, 0.5) is 0 Å². The van der Waals surface area contributed by atoms with Gasteiger partial charge in [0.15, 0.2) is 5.65 Å². The number of hydrogen-bond acceptors (Lipinski definition) is 2. The number of fused-ring (bicyclic) bond motifs is 1. The molecule has 3 nitrogen and oxygen atoms in total. The molecule has 2 heterocycles. The molecule has 3 aromatic rings. The summed E-state index contributed by atoms with van der Waals surface area (Å²) < 4.78 is 2.63. The standard InChI is InChI=1S/C12H6BrCl2N3/c13-10-6-18-5-9(17-11(18)4-16-10)7-2-1-3-8(14)12(7)15/h1-6H. The molecule has 3 rings (SSSR count). The van der Waals surface area contributed by atoms with Gasteiger partial charge in [0.2, 0.25) is 0 Å². The van der Waals surface area contributed by atoms with Gasteiger partial charge in [-0.2, -0.15) is 0 Å². The molecule has 0 aliphatic rings. The third-order valence-electron chi connectivity index (χ3n) is 2.54. The number of aromatic nitrogens is 3. The minimum Gasteiger partial charge on any atom is -0.302 e. The van der Waals surface area contributed by atoms with Crippen LogP contribution >= 0.6 is 39.1 Å². The molecule has 0 N–H and O–H groups in total. The first-order chi connectivity index (χ1) is 8.65. The summed E-state index contributed by atoms with van der Waals surface area (Å²) in [6, 6.07) is 5.49. The van der Waals surface area contributed by atoms with Gasteiger partial charge in [-0.15, -0.1) is 0 Å². The number of nitrogens with zero attached hydrogens (tertiary/aromatic N) is 3. The number of hydrogen-bond donors (Lipinski definition) is 0. The Hall–Kier alpha value is -1.10. The SMILES string of the molecule is Clc1cccc(-c2cn3cc(Br)ncc3n2)c1Cl. The second kappa shape index (κ2) is 4.53. The summed E-state index contributed by atoms with van der Waals surface area (Å²) >= 11 is 15.5. The van der Waals surface area contributed by atoms with E-state index < -0.39 is 0 Å². The highest BCUT2D eigenvalue weighted by molar-refractivity contribution is 9.10. The van der Waals surface area contributed by atoms with Crippen LogP contribution in [-0.4, -0.2) is 14.4 Å². The van der Waals surface area contributed by atoms with Crippen LogP contribution in [0.25, 0.3) is 16.9 Å². The fraction of sp³-hybridized carbons (Fsp3) is 0.